The van der Waals surface area contributed by atoms with Crippen LogP contribution in [0.25, 0.3) is 22.2 Å². The molecule has 7 rings (SSSR count). The lowest BCUT2D eigenvalue weighted by atomic mass is 9.87. The van der Waals surface area contributed by atoms with E-state index >= 15 is 0 Å². The van der Waals surface area contributed by atoms with Crippen LogP contribution in [0.4, 0.5) is 5.82 Å². The number of hydrogen-bond donors (Lipinski definition) is 2. The molecule has 7 heterocycles. The summed E-state index contributed by atoms with van der Waals surface area (Å²) in [5.41, 5.74) is 11.5. The lowest BCUT2D eigenvalue weighted by molar-refractivity contribution is 0.0125. The van der Waals surface area contributed by atoms with Crippen LogP contribution in [0.5, 0.6) is 0 Å². The molecule has 0 saturated carbocycles. The standard InChI is InChI=1S/C31H31N9O/c1-34-14-24(11-32)23-9-29(31-25(12-33)16-37-40(31)18-23)22-5-6-30(36-15-22)38-19-26-10-27(20-38)39(26)7-3-4-21-8-28(41-2)17-35-13-21/h5-6,8-9,11,14-18,26-27,35H,7,10,13,19-20,32H2,1-2H3. The van der Waals surface area contributed by atoms with Crippen molar-refractivity contribution < 1.29 is 4.74 Å². The zero-order valence-corrected chi connectivity index (χ0v) is 23.1. The van der Waals surface area contributed by atoms with Gasteiger partial charge in [-0.25, -0.2) is 9.50 Å². The largest absolute Gasteiger partial charge is 0.495 e. The Morgan fingerprint density at radius 2 is 2.15 bits per heavy atom. The van der Waals surface area contributed by atoms with Gasteiger partial charge in [-0.05, 0) is 30.7 Å². The number of aromatic nitrogens is 3. The third-order valence-corrected chi connectivity index (χ3v) is 7.84. The zero-order chi connectivity index (χ0) is 28.3. The third-order valence-electron chi connectivity index (χ3n) is 7.84. The molecule has 0 amide bonds. The van der Waals surface area contributed by atoms with Crippen LogP contribution in [0.1, 0.15) is 17.5 Å². The normalized spacial score (nSPS) is 20.4. The van der Waals surface area contributed by atoms with Crippen LogP contribution in [0.3, 0.4) is 0 Å². The predicted molar refractivity (Wildman–Crippen MR) is 160 cm³/mol. The van der Waals surface area contributed by atoms with Crippen molar-refractivity contribution in [2.45, 2.75) is 18.5 Å². The molecule has 4 aliphatic heterocycles. The van der Waals surface area contributed by atoms with Gasteiger partial charge >= 0.3 is 0 Å². The number of anilines is 1. The Balaban J connectivity index is 1.18. The van der Waals surface area contributed by atoms with E-state index in [2.05, 4.69) is 55.3 Å². The fourth-order valence-corrected chi connectivity index (χ4v) is 5.77. The van der Waals surface area contributed by atoms with Gasteiger partial charge in [0.25, 0.3) is 0 Å². The van der Waals surface area contributed by atoms with Crippen LogP contribution in [-0.4, -0.2) is 78.1 Å². The van der Waals surface area contributed by atoms with Crippen molar-refractivity contribution >= 4 is 23.1 Å². The molecule has 2 atom stereocenters. The Morgan fingerprint density at radius 1 is 1.29 bits per heavy atom. The molecule has 3 aromatic rings. The summed E-state index contributed by atoms with van der Waals surface area (Å²) >= 11 is 0. The Morgan fingerprint density at radius 3 is 2.85 bits per heavy atom. The Kier molecular flexibility index (Phi) is 7.15. The van der Waals surface area contributed by atoms with Gasteiger partial charge in [-0.1, -0.05) is 11.8 Å². The van der Waals surface area contributed by atoms with Crippen molar-refractivity contribution in [2.24, 2.45) is 10.7 Å². The molecule has 0 aromatic carbocycles. The molecule has 0 spiro atoms. The van der Waals surface area contributed by atoms with Crippen LogP contribution in [0.2, 0.25) is 0 Å². The fourth-order valence-electron chi connectivity index (χ4n) is 5.77. The molecular formula is C31H31N9O. The highest BCUT2D eigenvalue weighted by molar-refractivity contribution is 6.10. The number of aliphatic imine (C=N–C) groups is 1. The lowest BCUT2D eigenvalue weighted by Crippen LogP contribution is -2.68. The number of ether oxygens (including phenoxy) is 1. The highest BCUT2D eigenvalue weighted by Gasteiger charge is 2.44. The highest BCUT2D eigenvalue weighted by Crippen LogP contribution is 2.35. The average molecular weight is 546 g/mol. The van der Waals surface area contributed by atoms with Crippen LogP contribution in [0, 0.1) is 23.2 Å². The summed E-state index contributed by atoms with van der Waals surface area (Å²) in [6.07, 6.45) is 13.6. The van der Waals surface area contributed by atoms with Gasteiger partial charge in [0.15, 0.2) is 0 Å². The number of nitrogens with zero attached hydrogens (tertiary/aromatic N) is 7. The van der Waals surface area contributed by atoms with Gasteiger partial charge in [0.1, 0.15) is 17.6 Å². The summed E-state index contributed by atoms with van der Waals surface area (Å²) in [6.45, 7) is 3.34. The van der Waals surface area contributed by atoms with Crippen LogP contribution in [-0.2, 0) is 4.74 Å². The van der Waals surface area contributed by atoms with E-state index in [1.807, 2.05) is 30.7 Å². The second-order valence-electron chi connectivity index (χ2n) is 10.2. The first-order valence-electron chi connectivity index (χ1n) is 13.5. The molecule has 10 nitrogen and oxygen atoms in total. The van der Waals surface area contributed by atoms with Crippen LogP contribution < -0.4 is 16.0 Å². The number of pyridine rings is 2. The maximum absolute atomic E-state index is 9.71. The van der Waals surface area contributed by atoms with Gasteiger partial charge in [0.2, 0.25) is 0 Å². The lowest BCUT2D eigenvalue weighted by Gasteiger charge is -2.56. The molecule has 2 unspecified atom stereocenters. The smallest absolute Gasteiger partial charge is 0.135 e. The maximum Gasteiger partial charge on any atom is 0.135 e. The monoisotopic (exact) mass is 545 g/mol. The van der Waals surface area contributed by atoms with Gasteiger partial charge < -0.3 is 20.7 Å². The third kappa shape index (κ3) is 5.02. The summed E-state index contributed by atoms with van der Waals surface area (Å²) in [7, 11) is 3.36. The summed E-state index contributed by atoms with van der Waals surface area (Å²) in [5.74, 6) is 8.40. The number of fused-ring (bicyclic) bond motifs is 3. The predicted octanol–water partition coefficient (Wildman–Crippen LogP) is 2.55. The van der Waals surface area contributed by atoms with E-state index in [-0.39, 0.29) is 0 Å². The number of rotatable bonds is 6. The Bertz CT molecular complexity index is 1680. The molecule has 206 valence electrons. The Hall–Kier alpha value is -5.06. The van der Waals surface area contributed by atoms with Gasteiger partial charge in [-0.3, -0.25) is 9.89 Å². The minimum absolute atomic E-state index is 0.473. The summed E-state index contributed by atoms with van der Waals surface area (Å²) in [4.78, 5) is 13.8. The Labute approximate surface area is 239 Å². The van der Waals surface area contributed by atoms with E-state index in [4.69, 9.17) is 15.5 Å². The topological polar surface area (TPSA) is 120 Å². The maximum atomic E-state index is 9.71. The van der Waals surface area contributed by atoms with Gasteiger partial charge in [-0.2, -0.15) is 10.4 Å². The first-order chi connectivity index (χ1) is 20.1. The van der Waals surface area contributed by atoms with Crippen LogP contribution in [0.15, 0.2) is 71.6 Å². The molecule has 0 aliphatic carbocycles. The summed E-state index contributed by atoms with van der Waals surface area (Å²) < 4.78 is 7.00. The first kappa shape index (κ1) is 26.2. The average Bonchev–Trinajstić information content (AvgIpc) is 3.45. The van der Waals surface area contributed by atoms with Gasteiger partial charge in [0, 0.05) is 97.6 Å². The SMILES string of the molecule is CN=CC(=CN)c1cc(-c2ccc(N3CC4CC(C3)N4CC#CC3=CC(OC)=CNC3)nc2)c2c(C#N)cnn2c1. The molecule has 3 aromatic heterocycles. The van der Waals surface area contributed by atoms with Gasteiger partial charge in [-0.15, -0.1) is 0 Å². The van der Waals surface area contributed by atoms with Crippen molar-refractivity contribution in [1.29, 1.82) is 5.26 Å². The number of piperazine rings is 1. The zero-order valence-electron chi connectivity index (χ0n) is 23.1. The second kappa shape index (κ2) is 11.2. The number of methoxy groups -OCH3 is 1. The number of nitrogens with two attached hydrogens (primary N) is 1. The van der Waals surface area contributed by atoms with E-state index in [0.717, 1.165) is 71.1 Å². The van der Waals surface area contributed by atoms with Crippen LogP contribution >= 0.6 is 0 Å². The molecule has 41 heavy (non-hydrogen) atoms. The summed E-state index contributed by atoms with van der Waals surface area (Å²) in [5, 5.41) is 17.3. The van der Waals surface area contributed by atoms with Crippen molar-refractivity contribution in [3.8, 4) is 29.0 Å². The molecule has 3 N–H and O–H groups in total. The van der Waals surface area contributed by atoms with Gasteiger partial charge in [0.05, 0.1) is 30.9 Å². The van der Waals surface area contributed by atoms with Crippen molar-refractivity contribution in [3.05, 3.63) is 77.7 Å². The number of allylic oxidation sites excluding steroid dienone is 2. The van der Waals surface area contributed by atoms with Crippen molar-refractivity contribution in [1.82, 2.24) is 24.8 Å². The number of nitrogens with one attached hydrogen (secondary N) is 1. The van der Waals surface area contributed by atoms with E-state index in [0.29, 0.717) is 17.6 Å². The molecular weight excluding hydrogens is 514 g/mol. The molecule has 4 aliphatic rings. The fraction of sp³-hybridized carbons (Fsp3) is 0.290. The van der Waals surface area contributed by atoms with Crippen molar-refractivity contribution in [2.75, 3.05) is 45.2 Å². The number of nitriles is 1. The number of hydrogen-bond acceptors (Lipinski definition) is 9. The first-order valence-corrected chi connectivity index (χ1v) is 13.5. The quantitative estimate of drug-likeness (QED) is 0.358. The van der Waals surface area contributed by atoms with E-state index in [1.165, 1.54) is 12.6 Å². The van der Waals surface area contributed by atoms with E-state index in [9.17, 15) is 5.26 Å². The highest BCUT2D eigenvalue weighted by atomic mass is 16.5. The molecule has 2 bridgehead atoms. The number of piperidine rings is 1. The minimum atomic E-state index is 0.473. The second-order valence-corrected chi connectivity index (χ2v) is 10.2. The molecule has 10 heteroatoms. The van der Waals surface area contributed by atoms with Crippen molar-refractivity contribution in [3.63, 3.8) is 0 Å². The molecule has 3 saturated heterocycles. The minimum Gasteiger partial charge on any atom is -0.495 e. The molecule has 0 radical (unpaired) electrons. The molecule has 3 fully saturated rings. The van der Waals surface area contributed by atoms with E-state index in [1.54, 1.807) is 31.1 Å². The van der Waals surface area contributed by atoms with E-state index < -0.39 is 0 Å². The number of dihydropyridines is 1. The summed E-state index contributed by atoms with van der Waals surface area (Å²) in [6, 6.07) is 9.34.